The lowest BCUT2D eigenvalue weighted by molar-refractivity contribution is 0.106. The smallest absolute Gasteiger partial charge is 0.191 e. The molecule has 114 valence electrons. The van der Waals surface area contributed by atoms with E-state index in [9.17, 15) is 0 Å². The highest BCUT2D eigenvalue weighted by atomic mass is 15.2. The van der Waals surface area contributed by atoms with Crippen molar-refractivity contribution in [1.82, 2.24) is 10.6 Å². The van der Waals surface area contributed by atoms with Crippen LogP contribution in [0.15, 0.2) is 29.3 Å². The number of aryl methyl sites for hydroxylation is 1. The quantitative estimate of drug-likeness (QED) is 0.643. The summed E-state index contributed by atoms with van der Waals surface area (Å²) in [6.45, 7) is 4.04. The van der Waals surface area contributed by atoms with Gasteiger partial charge < -0.3 is 10.6 Å². The Morgan fingerprint density at radius 2 is 1.90 bits per heavy atom. The highest BCUT2D eigenvalue weighted by molar-refractivity contribution is 5.79. The molecule has 0 aromatic heterocycles. The molecule has 3 rings (SSSR count). The summed E-state index contributed by atoms with van der Waals surface area (Å²) in [5, 5.41) is 6.98. The Kier molecular flexibility index (Phi) is 4.18. The third-order valence-corrected chi connectivity index (χ3v) is 5.20. The molecule has 1 aromatic rings. The molecule has 0 spiro atoms. The van der Waals surface area contributed by atoms with Crippen LogP contribution in [0.1, 0.15) is 43.2 Å². The van der Waals surface area contributed by atoms with Crippen LogP contribution < -0.4 is 10.6 Å². The van der Waals surface area contributed by atoms with E-state index in [1.807, 2.05) is 7.05 Å². The van der Waals surface area contributed by atoms with Crippen molar-refractivity contribution in [3.63, 3.8) is 0 Å². The fraction of sp³-hybridized carbons (Fsp3) is 0.611. The lowest BCUT2D eigenvalue weighted by Gasteiger charge is -2.43. The number of guanidine groups is 1. The Morgan fingerprint density at radius 1 is 1.19 bits per heavy atom. The third-order valence-electron chi connectivity index (χ3n) is 5.20. The van der Waals surface area contributed by atoms with E-state index in [1.165, 1.54) is 43.2 Å². The Labute approximate surface area is 128 Å². The fourth-order valence-electron chi connectivity index (χ4n) is 3.43. The standard InChI is InChI=1S/C18H27N3/c1-14-4-6-15(7-5-14)12-20-17(19-2)21-13-18(10-3-11-18)16-8-9-16/h4-7,16H,3,8-13H2,1-2H3,(H2,19,20,21). The van der Waals surface area contributed by atoms with Crippen LogP contribution in [-0.2, 0) is 6.54 Å². The van der Waals surface area contributed by atoms with Crippen molar-refractivity contribution in [1.29, 1.82) is 0 Å². The summed E-state index contributed by atoms with van der Waals surface area (Å²) < 4.78 is 0. The van der Waals surface area contributed by atoms with Crippen LogP contribution in [0.5, 0.6) is 0 Å². The van der Waals surface area contributed by atoms with Crippen LogP contribution in [0.2, 0.25) is 0 Å². The number of hydrogen-bond acceptors (Lipinski definition) is 1. The molecule has 1 aromatic carbocycles. The monoisotopic (exact) mass is 285 g/mol. The fourth-order valence-corrected chi connectivity index (χ4v) is 3.43. The second-order valence-electron chi connectivity index (χ2n) is 6.76. The van der Waals surface area contributed by atoms with Gasteiger partial charge in [0.05, 0.1) is 0 Å². The number of rotatable bonds is 5. The van der Waals surface area contributed by atoms with Gasteiger partial charge in [0.15, 0.2) is 5.96 Å². The number of benzene rings is 1. The van der Waals surface area contributed by atoms with Gasteiger partial charge in [-0.05, 0) is 49.5 Å². The van der Waals surface area contributed by atoms with E-state index < -0.39 is 0 Å². The number of hydrogen-bond donors (Lipinski definition) is 2. The van der Waals surface area contributed by atoms with Gasteiger partial charge in [0.1, 0.15) is 0 Å². The Bertz CT molecular complexity index is 496. The summed E-state index contributed by atoms with van der Waals surface area (Å²) in [6.07, 6.45) is 7.10. The van der Waals surface area contributed by atoms with Crippen molar-refractivity contribution in [2.24, 2.45) is 16.3 Å². The second kappa shape index (κ2) is 6.08. The van der Waals surface area contributed by atoms with Crippen molar-refractivity contribution in [2.45, 2.75) is 45.6 Å². The first-order valence-electron chi connectivity index (χ1n) is 8.22. The lowest BCUT2D eigenvalue weighted by Crippen LogP contribution is -2.47. The summed E-state index contributed by atoms with van der Waals surface area (Å²) in [5.74, 6) is 1.91. The van der Waals surface area contributed by atoms with Crippen molar-refractivity contribution in [2.75, 3.05) is 13.6 Å². The number of aliphatic imine (C=N–C) groups is 1. The molecule has 0 saturated heterocycles. The van der Waals surface area contributed by atoms with Gasteiger partial charge in [-0.1, -0.05) is 36.2 Å². The highest BCUT2D eigenvalue weighted by Crippen LogP contribution is 2.56. The average Bonchev–Trinajstić information content (AvgIpc) is 3.28. The molecule has 2 fully saturated rings. The Morgan fingerprint density at radius 3 is 2.43 bits per heavy atom. The van der Waals surface area contributed by atoms with Crippen LogP contribution in [-0.4, -0.2) is 19.6 Å². The topological polar surface area (TPSA) is 36.4 Å². The second-order valence-corrected chi connectivity index (χ2v) is 6.76. The maximum absolute atomic E-state index is 4.36. The molecule has 0 atom stereocenters. The minimum atomic E-state index is 0.585. The Hall–Kier alpha value is -1.51. The molecule has 0 amide bonds. The van der Waals surface area contributed by atoms with E-state index in [4.69, 9.17) is 0 Å². The summed E-state index contributed by atoms with van der Waals surface area (Å²) in [4.78, 5) is 4.36. The first-order chi connectivity index (χ1) is 10.2. The molecule has 0 unspecified atom stereocenters. The molecule has 3 nitrogen and oxygen atoms in total. The first kappa shape index (κ1) is 14.4. The normalized spacial score (nSPS) is 20.8. The van der Waals surface area contributed by atoms with Crippen LogP contribution in [0, 0.1) is 18.3 Å². The molecule has 0 aliphatic heterocycles. The first-order valence-corrected chi connectivity index (χ1v) is 8.22. The van der Waals surface area contributed by atoms with Crippen LogP contribution in [0.3, 0.4) is 0 Å². The number of nitrogens with one attached hydrogen (secondary N) is 2. The lowest BCUT2D eigenvalue weighted by atomic mass is 9.65. The van der Waals surface area contributed by atoms with E-state index in [1.54, 1.807) is 0 Å². The zero-order valence-electron chi connectivity index (χ0n) is 13.3. The van der Waals surface area contributed by atoms with E-state index in [0.29, 0.717) is 5.41 Å². The number of nitrogens with zero attached hydrogens (tertiary/aromatic N) is 1. The average molecular weight is 285 g/mol. The molecule has 2 aliphatic carbocycles. The van der Waals surface area contributed by atoms with Crippen LogP contribution >= 0.6 is 0 Å². The molecule has 2 aliphatic rings. The molecular formula is C18H27N3. The van der Waals surface area contributed by atoms with Gasteiger partial charge in [0, 0.05) is 20.1 Å². The maximum Gasteiger partial charge on any atom is 0.191 e. The van der Waals surface area contributed by atoms with E-state index in [-0.39, 0.29) is 0 Å². The third kappa shape index (κ3) is 3.39. The minimum Gasteiger partial charge on any atom is -0.356 e. The van der Waals surface area contributed by atoms with E-state index in [2.05, 4.69) is 46.8 Å². The molecule has 2 N–H and O–H groups in total. The van der Waals surface area contributed by atoms with Gasteiger partial charge >= 0.3 is 0 Å². The van der Waals surface area contributed by atoms with Crippen molar-refractivity contribution >= 4 is 5.96 Å². The summed E-state index contributed by atoms with van der Waals surface area (Å²) >= 11 is 0. The predicted molar refractivity (Wildman–Crippen MR) is 88.4 cm³/mol. The highest BCUT2D eigenvalue weighted by Gasteiger charge is 2.48. The van der Waals surface area contributed by atoms with Gasteiger partial charge in [-0.15, -0.1) is 0 Å². The van der Waals surface area contributed by atoms with Crippen molar-refractivity contribution in [3.8, 4) is 0 Å². The van der Waals surface area contributed by atoms with Gasteiger partial charge in [-0.3, -0.25) is 4.99 Å². The van der Waals surface area contributed by atoms with Gasteiger partial charge in [0.2, 0.25) is 0 Å². The predicted octanol–water partition coefficient (Wildman–Crippen LogP) is 3.24. The zero-order chi connectivity index (χ0) is 14.7. The molecule has 3 heteroatoms. The molecule has 0 radical (unpaired) electrons. The molecule has 2 saturated carbocycles. The zero-order valence-corrected chi connectivity index (χ0v) is 13.3. The molecule has 21 heavy (non-hydrogen) atoms. The molecular weight excluding hydrogens is 258 g/mol. The van der Waals surface area contributed by atoms with Crippen molar-refractivity contribution < 1.29 is 0 Å². The van der Waals surface area contributed by atoms with Gasteiger partial charge in [-0.25, -0.2) is 0 Å². The van der Waals surface area contributed by atoms with Crippen LogP contribution in [0.25, 0.3) is 0 Å². The molecule has 0 bridgehead atoms. The Balaban J connectivity index is 1.48. The van der Waals surface area contributed by atoms with E-state index in [0.717, 1.165) is 25.0 Å². The summed E-state index contributed by atoms with van der Waals surface area (Å²) in [5.41, 5.74) is 3.18. The maximum atomic E-state index is 4.36. The van der Waals surface area contributed by atoms with Crippen LogP contribution in [0.4, 0.5) is 0 Å². The van der Waals surface area contributed by atoms with Gasteiger partial charge in [0.25, 0.3) is 0 Å². The SMILES string of the molecule is CN=C(NCc1ccc(C)cc1)NCC1(C2CC2)CCC1. The summed E-state index contributed by atoms with van der Waals surface area (Å²) in [7, 11) is 1.86. The van der Waals surface area contributed by atoms with E-state index >= 15 is 0 Å². The van der Waals surface area contributed by atoms with Gasteiger partial charge in [-0.2, -0.15) is 0 Å². The largest absolute Gasteiger partial charge is 0.356 e. The summed E-state index contributed by atoms with van der Waals surface area (Å²) in [6, 6.07) is 8.66. The van der Waals surface area contributed by atoms with Crippen molar-refractivity contribution in [3.05, 3.63) is 35.4 Å². The minimum absolute atomic E-state index is 0.585. The molecule has 0 heterocycles.